The van der Waals surface area contributed by atoms with Crippen LogP contribution in [0.5, 0.6) is 0 Å². The highest BCUT2D eigenvalue weighted by molar-refractivity contribution is 5.87. The first-order chi connectivity index (χ1) is 10.3. The molecule has 108 valence electrons. The fourth-order valence-electron chi connectivity index (χ4n) is 3.23. The molecule has 1 saturated heterocycles. The van der Waals surface area contributed by atoms with Gasteiger partial charge in [-0.2, -0.15) is 0 Å². The zero-order valence-electron chi connectivity index (χ0n) is 12.8. The quantitative estimate of drug-likeness (QED) is 0.759. The molecule has 0 saturated carbocycles. The van der Waals surface area contributed by atoms with Crippen molar-refractivity contribution >= 4 is 11.3 Å². The van der Waals surface area contributed by atoms with Crippen LogP contribution in [0.2, 0.25) is 0 Å². The molecule has 1 aliphatic heterocycles. The van der Waals surface area contributed by atoms with Gasteiger partial charge in [0, 0.05) is 24.3 Å². The summed E-state index contributed by atoms with van der Waals surface area (Å²) in [4.78, 5) is 2.53. The van der Waals surface area contributed by atoms with Crippen LogP contribution >= 0.6 is 0 Å². The van der Waals surface area contributed by atoms with Crippen LogP contribution in [0.3, 0.4) is 0 Å². The molecule has 0 amide bonds. The lowest BCUT2D eigenvalue weighted by Crippen LogP contribution is -2.30. The summed E-state index contributed by atoms with van der Waals surface area (Å²) in [7, 11) is 0. The number of piperidine rings is 1. The lowest BCUT2D eigenvalue weighted by Gasteiger charge is -2.31. The Kier molecular flexibility index (Phi) is 4.10. The second-order valence-electron chi connectivity index (χ2n) is 5.86. The molecule has 1 heteroatoms. The molecule has 0 atom stereocenters. The zero-order valence-corrected chi connectivity index (χ0v) is 12.8. The van der Waals surface area contributed by atoms with Crippen LogP contribution in [-0.4, -0.2) is 13.1 Å². The molecule has 3 rings (SSSR count). The Morgan fingerprint density at radius 3 is 2.33 bits per heavy atom. The Balaban J connectivity index is 2.02. The van der Waals surface area contributed by atoms with E-state index in [0.29, 0.717) is 0 Å². The van der Waals surface area contributed by atoms with Crippen LogP contribution < -0.4 is 4.90 Å². The van der Waals surface area contributed by atoms with Crippen LogP contribution in [0.1, 0.15) is 36.0 Å². The summed E-state index contributed by atoms with van der Waals surface area (Å²) in [5.74, 6) is 0. The molecule has 1 nitrogen and oxygen atoms in total. The van der Waals surface area contributed by atoms with E-state index in [1.807, 2.05) is 0 Å². The first kappa shape index (κ1) is 13.9. The minimum absolute atomic E-state index is 1.13. The van der Waals surface area contributed by atoms with E-state index in [1.165, 1.54) is 54.7 Å². The van der Waals surface area contributed by atoms with Crippen molar-refractivity contribution in [2.24, 2.45) is 0 Å². The Hall–Kier alpha value is -2.02. The summed E-state index contributed by atoms with van der Waals surface area (Å²) in [6.45, 7) is 8.91. The van der Waals surface area contributed by atoms with Crippen molar-refractivity contribution in [2.45, 2.75) is 26.2 Å². The van der Waals surface area contributed by atoms with E-state index in [4.69, 9.17) is 0 Å². The molecule has 2 aromatic carbocycles. The maximum absolute atomic E-state index is 4.38. The maximum atomic E-state index is 4.38. The van der Waals surface area contributed by atoms with E-state index in [9.17, 15) is 0 Å². The molecule has 0 N–H and O–H groups in total. The molecule has 0 unspecified atom stereocenters. The summed E-state index contributed by atoms with van der Waals surface area (Å²) in [6.07, 6.45) is 3.95. The van der Waals surface area contributed by atoms with E-state index < -0.39 is 0 Å². The van der Waals surface area contributed by atoms with Gasteiger partial charge in [0.2, 0.25) is 0 Å². The Morgan fingerprint density at radius 2 is 1.62 bits per heavy atom. The molecule has 1 fully saturated rings. The fourth-order valence-corrected chi connectivity index (χ4v) is 3.23. The molecule has 0 spiro atoms. The lowest BCUT2D eigenvalue weighted by atomic mass is 9.93. The topological polar surface area (TPSA) is 3.24 Å². The van der Waals surface area contributed by atoms with Gasteiger partial charge in [-0.25, -0.2) is 0 Å². The van der Waals surface area contributed by atoms with Gasteiger partial charge in [-0.15, -0.1) is 0 Å². The van der Waals surface area contributed by atoms with E-state index in [0.717, 1.165) is 5.57 Å². The fraction of sp³-hybridized carbons (Fsp3) is 0.300. The van der Waals surface area contributed by atoms with Gasteiger partial charge in [-0.05, 0) is 49.0 Å². The monoisotopic (exact) mass is 277 g/mol. The number of hydrogen-bond donors (Lipinski definition) is 0. The maximum Gasteiger partial charge on any atom is 0.0448 e. The minimum Gasteiger partial charge on any atom is -0.371 e. The van der Waals surface area contributed by atoms with Crippen molar-refractivity contribution in [3.63, 3.8) is 0 Å². The van der Waals surface area contributed by atoms with Crippen LogP contribution in [-0.2, 0) is 0 Å². The second-order valence-corrected chi connectivity index (χ2v) is 5.86. The first-order valence-electron chi connectivity index (χ1n) is 7.86. The van der Waals surface area contributed by atoms with E-state index in [1.54, 1.807) is 0 Å². The van der Waals surface area contributed by atoms with Crippen LogP contribution in [0.25, 0.3) is 5.57 Å². The largest absolute Gasteiger partial charge is 0.371 e. The van der Waals surface area contributed by atoms with Gasteiger partial charge >= 0.3 is 0 Å². The standard InChI is InChI=1S/C20H23N/c1-16-10-9-13-19(21-14-7-4-8-15-21)20(16)17(2)18-11-5-3-6-12-18/h3,5-6,9-13H,2,4,7-8,14-15H2,1H3. The van der Waals surface area contributed by atoms with Crippen molar-refractivity contribution in [3.05, 3.63) is 71.8 Å². The Labute approximate surface area is 127 Å². The van der Waals surface area contributed by atoms with Crippen LogP contribution in [0, 0.1) is 6.92 Å². The molecule has 1 aliphatic rings. The van der Waals surface area contributed by atoms with E-state index in [2.05, 4.69) is 66.9 Å². The van der Waals surface area contributed by atoms with E-state index >= 15 is 0 Å². The van der Waals surface area contributed by atoms with Crippen LogP contribution in [0.15, 0.2) is 55.1 Å². The van der Waals surface area contributed by atoms with Gasteiger partial charge in [-0.1, -0.05) is 49.0 Å². The summed E-state index contributed by atoms with van der Waals surface area (Å²) in [6, 6.07) is 17.1. The summed E-state index contributed by atoms with van der Waals surface area (Å²) < 4.78 is 0. The number of rotatable bonds is 3. The van der Waals surface area contributed by atoms with Crippen molar-refractivity contribution in [1.29, 1.82) is 0 Å². The average Bonchev–Trinajstić information content (AvgIpc) is 2.55. The summed E-state index contributed by atoms with van der Waals surface area (Å²) in [5, 5.41) is 0. The Morgan fingerprint density at radius 1 is 0.905 bits per heavy atom. The second kappa shape index (κ2) is 6.17. The van der Waals surface area contributed by atoms with Gasteiger partial charge in [0.1, 0.15) is 0 Å². The van der Waals surface area contributed by atoms with Gasteiger partial charge in [0.05, 0.1) is 0 Å². The molecule has 0 radical (unpaired) electrons. The minimum atomic E-state index is 1.13. The third kappa shape index (κ3) is 2.87. The predicted molar refractivity (Wildman–Crippen MR) is 91.8 cm³/mol. The van der Waals surface area contributed by atoms with Crippen molar-refractivity contribution in [2.75, 3.05) is 18.0 Å². The highest BCUT2D eigenvalue weighted by Gasteiger charge is 2.17. The average molecular weight is 277 g/mol. The SMILES string of the molecule is C=C(c1ccccc1)c1c(C)cccc1N1CCCCC1. The number of anilines is 1. The molecule has 0 aliphatic carbocycles. The summed E-state index contributed by atoms with van der Waals surface area (Å²) >= 11 is 0. The number of nitrogens with zero attached hydrogens (tertiary/aromatic N) is 1. The number of benzene rings is 2. The third-order valence-electron chi connectivity index (χ3n) is 4.37. The van der Waals surface area contributed by atoms with E-state index in [-0.39, 0.29) is 0 Å². The van der Waals surface area contributed by atoms with Gasteiger partial charge in [0.25, 0.3) is 0 Å². The lowest BCUT2D eigenvalue weighted by molar-refractivity contribution is 0.577. The van der Waals surface area contributed by atoms with Crippen molar-refractivity contribution in [3.8, 4) is 0 Å². The smallest absolute Gasteiger partial charge is 0.0448 e. The first-order valence-corrected chi connectivity index (χ1v) is 7.86. The molecular formula is C20H23N. The molecule has 0 bridgehead atoms. The summed E-state index contributed by atoms with van der Waals surface area (Å²) in [5.41, 5.74) is 6.32. The molecule has 21 heavy (non-hydrogen) atoms. The predicted octanol–water partition coefficient (Wildman–Crippen LogP) is 5.05. The van der Waals surface area contributed by atoms with Gasteiger partial charge in [-0.3, -0.25) is 0 Å². The third-order valence-corrected chi connectivity index (χ3v) is 4.37. The highest BCUT2D eigenvalue weighted by Crippen LogP contribution is 2.34. The highest BCUT2D eigenvalue weighted by atomic mass is 15.1. The zero-order chi connectivity index (χ0) is 14.7. The number of aryl methyl sites for hydroxylation is 1. The molecular weight excluding hydrogens is 254 g/mol. The molecule has 0 aromatic heterocycles. The number of hydrogen-bond acceptors (Lipinski definition) is 1. The molecule has 2 aromatic rings. The van der Waals surface area contributed by atoms with Gasteiger partial charge < -0.3 is 4.90 Å². The normalized spacial score (nSPS) is 15.0. The van der Waals surface area contributed by atoms with Crippen molar-refractivity contribution < 1.29 is 0 Å². The molecule has 1 heterocycles. The van der Waals surface area contributed by atoms with Crippen LogP contribution in [0.4, 0.5) is 5.69 Å². The van der Waals surface area contributed by atoms with Gasteiger partial charge in [0.15, 0.2) is 0 Å². The Bertz CT molecular complexity index is 622. The van der Waals surface area contributed by atoms with Crippen molar-refractivity contribution in [1.82, 2.24) is 0 Å².